The van der Waals surface area contributed by atoms with E-state index in [2.05, 4.69) is 9.97 Å². The molecule has 3 nitrogen and oxygen atoms in total. The van der Waals surface area contributed by atoms with Crippen LogP contribution in [0.4, 0.5) is 13.2 Å². The highest BCUT2D eigenvalue weighted by Crippen LogP contribution is 2.31. The number of aryl methyl sites for hydroxylation is 1. The molecule has 0 aliphatic rings. The van der Waals surface area contributed by atoms with E-state index in [1.807, 2.05) is 0 Å². The smallest absolute Gasteiger partial charge is 0.391 e. The van der Waals surface area contributed by atoms with E-state index in [4.69, 9.17) is 5.11 Å². The number of aromatic nitrogens is 2. The number of pyridine rings is 1. The van der Waals surface area contributed by atoms with Gasteiger partial charge in [0.25, 0.3) is 0 Å². The van der Waals surface area contributed by atoms with Gasteiger partial charge in [-0.1, -0.05) is 0 Å². The van der Waals surface area contributed by atoms with Gasteiger partial charge in [-0.3, -0.25) is 4.98 Å². The molecule has 0 aliphatic carbocycles. The first-order chi connectivity index (χ1) is 8.41. The Morgan fingerprint density at radius 1 is 1.33 bits per heavy atom. The van der Waals surface area contributed by atoms with Crippen LogP contribution >= 0.6 is 11.3 Å². The highest BCUT2D eigenvalue weighted by atomic mass is 32.1. The van der Waals surface area contributed by atoms with Crippen molar-refractivity contribution >= 4 is 11.3 Å². The Kier molecular flexibility index (Phi) is 3.36. The lowest BCUT2D eigenvalue weighted by atomic mass is 10.2. The lowest BCUT2D eigenvalue weighted by Crippen LogP contribution is -2.07. The number of aliphatic hydroxyl groups excluding tert-OH is 1. The first-order valence-corrected chi connectivity index (χ1v) is 5.84. The van der Waals surface area contributed by atoms with Crippen molar-refractivity contribution in [1.82, 2.24) is 9.97 Å². The summed E-state index contributed by atoms with van der Waals surface area (Å²) in [5.74, 6) is 0. The van der Waals surface area contributed by atoms with E-state index in [1.165, 1.54) is 17.4 Å². The van der Waals surface area contributed by atoms with Crippen molar-refractivity contribution in [3.05, 3.63) is 34.6 Å². The molecule has 96 valence electrons. The highest BCUT2D eigenvalue weighted by Gasteiger charge is 2.32. The molecule has 0 saturated carbocycles. The molecular weight excluding hydrogens is 265 g/mol. The summed E-state index contributed by atoms with van der Waals surface area (Å²) in [7, 11) is 0. The van der Waals surface area contributed by atoms with Crippen molar-refractivity contribution in [2.24, 2.45) is 0 Å². The Hall–Kier alpha value is -1.47. The Labute approximate surface area is 105 Å². The fraction of sp³-hybridized carbons (Fsp3) is 0.273. The van der Waals surface area contributed by atoms with E-state index in [1.54, 1.807) is 6.92 Å². The molecule has 18 heavy (non-hydrogen) atoms. The number of aliphatic hydroxyl groups is 1. The SMILES string of the molecule is Cc1nc(-c2ccc(C(F)(F)F)nc2)sc1CO. The number of hydrogen-bond acceptors (Lipinski definition) is 4. The summed E-state index contributed by atoms with van der Waals surface area (Å²) in [5, 5.41) is 9.59. The van der Waals surface area contributed by atoms with Gasteiger partial charge in [-0.25, -0.2) is 4.98 Å². The van der Waals surface area contributed by atoms with Gasteiger partial charge in [0, 0.05) is 11.8 Å². The minimum atomic E-state index is -4.44. The summed E-state index contributed by atoms with van der Waals surface area (Å²) < 4.78 is 37.0. The molecule has 0 aromatic carbocycles. The summed E-state index contributed by atoms with van der Waals surface area (Å²) in [6, 6.07) is 2.25. The van der Waals surface area contributed by atoms with Crippen molar-refractivity contribution < 1.29 is 18.3 Å². The molecule has 0 radical (unpaired) electrons. The average molecular weight is 274 g/mol. The second-order valence-corrected chi connectivity index (χ2v) is 4.70. The van der Waals surface area contributed by atoms with E-state index in [0.717, 1.165) is 12.3 Å². The molecule has 0 bridgehead atoms. The average Bonchev–Trinajstić information content (AvgIpc) is 2.69. The van der Waals surface area contributed by atoms with Crippen LogP contribution in [-0.2, 0) is 12.8 Å². The van der Waals surface area contributed by atoms with Gasteiger partial charge in [-0.15, -0.1) is 11.3 Å². The van der Waals surface area contributed by atoms with Gasteiger partial charge in [-0.2, -0.15) is 13.2 Å². The predicted octanol–water partition coefficient (Wildman–Crippen LogP) is 3.02. The van der Waals surface area contributed by atoms with E-state index < -0.39 is 11.9 Å². The van der Waals surface area contributed by atoms with Crippen LogP contribution in [0.2, 0.25) is 0 Å². The van der Waals surface area contributed by atoms with Crippen molar-refractivity contribution in [1.29, 1.82) is 0 Å². The van der Waals surface area contributed by atoms with Crippen LogP contribution in [-0.4, -0.2) is 15.1 Å². The second kappa shape index (κ2) is 4.66. The minimum Gasteiger partial charge on any atom is -0.391 e. The largest absolute Gasteiger partial charge is 0.433 e. The van der Waals surface area contributed by atoms with Gasteiger partial charge >= 0.3 is 6.18 Å². The lowest BCUT2D eigenvalue weighted by Gasteiger charge is -2.05. The minimum absolute atomic E-state index is 0.127. The number of hydrogen-bond donors (Lipinski definition) is 1. The van der Waals surface area contributed by atoms with Crippen LogP contribution in [0.5, 0.6) is 0 Å². The van der Waals surface area contributed by atoms with Crippen molar-refractivity contribution in [2.45, 2.75) is 19.7 Å². The monoisotopic (exact) mass is 274 g/mol. The second-order valence-electron chi connectivity index (χ2n) is 3.62. The maximum atomic E-state index is 12.3. The van der Waals surface area contributed by atoms with Gasteiger partial charge in [0.15, 0.2) is 0 Å². The maximum Gasteiger partial charge on any atom is 0.433 e. The van der Waals surface area contributed by atoms with Crippen LogP contribution in [0.25, 0.3) is 10.6 Å². The van der Waals surface area contributed by atoms with Crippen molar-refractivity contribution in [3.63, 3.8) is 0 Å². The van der Waals surface area contributed by atoms with Crippen LogP contribution in [0.3, 0.4) is 0 Å². The maximum absolute atomic E-state index is 12.3. The fourth-order valence-electron chi connectivity index (χ4n) is 1.39. The normalized spacial score (nSPS) is 11.8. The Morgan fingerprint density at radius 2 is 2.06 bits per heavy atom. The molecule has 0 spiro atoms. The summed E-state index contributed by atoms with van der Waals surface area (Å²) >= 11 is 1.24. The zero-order valence-corrected chi connectivity index (χ0v) is 10.1. The van der Waals surface area contributed by atoms with Crippen LogP contribution in [0.1, 0.15) is 16.3 Å². The molecule has 2 heterocycles. The highest BCUT2D eigenvalue weighted by molar-refractivity contribution is 7.15. The summed E-state index contributed by atoms with van der Waals surface area (Å²) in [6.45, 7) is 1.61. The molecule has 0 saturated heterocycles. The van der Waals surface area contributed by atoms with Gasteiger partial charge in [-0.05, 0) is 19.1 Å². The third kappa shape index (κ3) is 2.51. The standard InChI is InChI=1S/C11H9F3N2OS/c1-6-8(5-17)18-10(16-6)7-2-3-9(15-4-7)11(12,13)14/h2-4,17H,5H2,1H3. The van der Waals surface area contributed by atoms with Crippen LogP contribution in [0.15, 0.2) is 18.3 Å². The molecule has 0 unspecified atom stereocenters. The Bertz CT molecular complexity index is 548. The predicted molar refractivity (Wildman–Crippen MR) is 61.0 cm³/mol. The fourth-order valence-corrected chi connectivity index (χ4v) is 2.30. The van der Waals surface area contributed by atoms with Crippen molar-refractivity contribution in [2.75, 3.05) is 0 Å². The Balaban J connectivity index is 2.34. The molecule has 0 amide bonds. The summed E-state index contributed by atoms with van der Waals surface area (Å²) in [6.07, 6.45) is -3.30. The summed E-state index contributed by atoms with van der Waals surface area (Å²) in [5.41, 5.74) is 0.259. The first-order valence-electron chi connectivity index (χ1n) is 5.02. The third-order valence-electron chi connectivity index (χ3n) is 2.34. The molecule has 0 fully saturated rings. The zero-order chi connectivity index (χ0) is 13.3. The number of halogens is 3. The van der Waals surface area contributed by atoms with Crippen LogP contribution in [0, 0.1) is 6.92 Å². The van der Waals surface area contributed by atoms with E-state index in [0.29, 0.717) is 21.1 Å². The first kappa shape index (κ1) is 13.0. The van der Waals surface area contributed by atoms with Crippen LogP contribution < -0.4 is 0 Å². The molecule has 2 aromatic rings. The number of rotatable bonds is 2. The molecule has 2 aromatic heterocycles. The van der Waals surface area contributed by atoms with Gasteiger partial charge in [0.1, 0.15) is 10.7 Å². The Morgan fingerprint density at radius 3 is 2.50 bits per heavy atom. The molecule has 0 aliphatic heterocycles. The van der Waals surface area contributed by atoms with Gasteiger partial charge in [0.2, 0.25) is 0 Å². The van der Waals surface area contributed by atoms with E-state index in [9.17, 15) is 13.2 Å². The molecular formula is C11H9F3N2OS. The topological polar surface area (TPSA) is 46.0 Å². The van der Waals surface area contributed by atoms with E-state index >= 15 is 0 Å². The zero-order valence-electron chi connectivity index (χ0n) is 9.32. The van der Waals surface area contributed by atoms with E-state index in [-0.39, 0.29) is 6.61 Å². The number of nitrogens with zero attached hydrogens (tertiary/aromatic N) is 2. The molecule has 0 atom stereocenters. The molecule has 1 N–H and O–H groups in total. The lowest BCUT2D eigenvalue weighted by molar-refractivity contribution is -0.141. The van der Waals surface area contributed by atoms with Gasteiger partial charge < -0.3 is 5.11 Å². The molecule has 2 rings (SSSR count). The van der Waals surface area contributed by atoms with Gasteiger partial charge in [0.05, 0.1) is 17.2 Å². The summed E-state index contributed by atoms with van der Waals surface area (Å²) in [4.78, 5) is 8.25. The number of thiazole rings is 1. The van der Waals surface area contributed by atoms with Crippen molar-refractivity contribution in [3.8, 4) is 10.6 Å². The number of alkyl halides is 3. The quantitative estimate of drug-likeness (QED) is 0.915. The third-order valence-corrected chi connectivity index (χ3v) is 3.53. The molecule has 7 heteroatoms.